The largest absolute Gasteiger partial charge is 0.432 e. The molecule has 1 rings (SSSR count). The summed E-state index contributed by atoms with van der Waals surface area (Å²) >= 11 is 4.53. The Morgan fingerprint density at radius 2 is 1.82 bits per heavy atom. The first-order valence-electron chi connectivity index (χ1n) is 2.81. The second-order valence-electron chi connectivity index (χ2n) is 1.73. The van der Waals surface area contributed by atoms with Gasteiger partial charge in [-0.2, -0.15) is 0 Å². The second-order valence-corrected chi connectivity index (χ2v) is 2.14. The molecule has 0 saturated heterocycles. The molecular formula is C7H8FNOS. The molecule has 1 aromatic rings. The molecule has 0 amide bonds. The summed E-state index contributed by atoms with van der Waals surface area (Å²) in [5.41, 5.74) is 5.13. The third-order valence-corrected chi connectivity index (χ3v) is 1.04. The molecule has 0 aliphatic carbocycles. The van der Waals surface area contributed by atoms with Crippen molar-refractivity contribution in [2.45, 2.75) is 0 Å². The molecule has 2 N–H and O–H groups in total. The number of hydrogen-bond donors (Lipinski definition) is 1. The van der Waals surface area contributed by atoms with E-state index in [-0.39, 0.29) is 9.88 Å². The number of hydrogen-bond acceptors (Lipinski definition) is 2. The fraction of sp³-hybridized carbons (Fsp3) is 0. The Morgan fingerprint density at radius 1 is 1.27 bits per heavy atom. The van der Waals surface area contributed by atoms with Crippen LogP contribution in [0, 0.1) is 0 Å². The predicted octanol–water partition coefficient (Wildman–Crippen LogP) is 1.46. The van der Waals surface area contributed by atoms with Gasteiger partial charge in [-0.05, 0) is 24.4 Å². The Hall–Kier alpha value is -1.16. The average Bonchev–Trinajstić information content (AvgIpc) is 1.88. The molecule has 0 heterocycles. The van der Waals surface area contributed by atoms with Gasteiger partial charge < -0.3 is 10.5 Å². The minimum absolute atomic E-state index is 0. The summed E-state index contributed by atoms with van der Waals surface area (Å²) in [6.07, 6.45) is 0. The number of ether oxygens (including phenoxy) is 1. The van der Waals surface area contributed by atoms with Crippen LogP contribution in [0.15, 0.2) is 30.3 Å². The minimum Gasteiger partial charge on any atom is -0.432 e. The summed E-state index contributed by atoms with van der Waals surface area (Å²) in [6.45, 7) is 0. The van der Waals surface area contributed by atoms with Crippen molar-refractivity contribution in [3.05, 3.63) is 30.3 Å². The van der Waals surface area contributed by atoms with Gasteiger partial charge in [0.25, 0.3) is 5.17 Å². The van der Waals surface area contributed by atoms with Gasteiger partial charge >= 0.3 is 0 Å². The van der Waals surface area contributed by atoms with Crippen LogP contribution in [0.5, 0.6) is 5.75 Å². The fourth-order valence-electron chi connectivity index (χ4n) is 0.605. The normalized spacial score (nSPS) is 8.00. The molecule has 60 valence electrons. The lowest BCUT2D eigenvalue weighted by molar-refractivity contribution is 0.557. The van der Waals surface area contributed by atoms with E-state index in [0.29, 0.717) is 5.75 Å². The highest BCUT2D eigenvalue weighted by Gasteiger charge is 1.90. The zero-order valence-electron chi connectivity index (χ0n) is 5.69. The van der Waals surface area contributed by atoms with Crippen LogP contribution in [-0.2, 0) is 0 Å². The first kappa shape index (κ1) is 9.84. The quantitative estimate of drug-likeness (QED) is 0.653. The number of nitrogens with two attached hydrogens (primary N) is 1. The number of benzene rings is 1. The van der Waals surface area contributed by atoms with Crippen LogP contribution >= 0.6 is 12.2 Å². The first-order valence-corrected chi connectivity index (χ1v) is 3.22. The van der Waals surface area contributed by atoms with Gasteiger partial charge in [-0.25, -0.2) is 0 Å². The average molecular weight is 173 g/mol. The highest BCUT2D eigenvalue weighted by Crippen LogP contribution is 2.07. The molecule has 0 atom stereocenters. The zero-order chi connectivity index (χ0) is 7.40. The summed E-state index contributed by atoms with van der Waals surface area (Å²) < 4.78 is 4.92. The van der Waals surface area contributed by atoms with Gasteiger partial charge in [-0.1, -0.05) is 18.2 Å². The van der Waals surface area contributed by atoms with Crippen molar-refractivity contribution in [3.63, 3.8) is 0 Å². The van der Waals surface area contributed by atoms with E-state index in [1.54, 1.807) is 12.1 Å². The van der Waals surface area contributed by atoms with Gasteiger partial charge in [0.05, 0.1) is 0 Å². The molecule has 2 nitrogen and oxygen atoms in total. The van der Waals surface area contributed by atoms with E-state index in [1.165, 1.54) is 0 Å². The van der Waals surface area contributed by atoms with E-state index in [0.717, 1.165) is 0 Å². The minimum atomic E-state index is 0. The molecule has 0 fully saturated rings. The Bertz CT molecular complexity index is 227. The number of rotatable bonds is 1. The molecule has 0 bridgehead atoms. The van der Waals surface area contributed by atoms with E-state index in [2.05, 4.69) is 12.2 Å². The van der Waals surface area contributed by atoms with Crippen molar-refractivity contribution in [2.24, 2.45) is 5.73 Å². The molecule has 0 aliphatic heterocycles. The van der Waals surface area contributed by atoms with Crippen LogP contribution in [0.4, 0.5) is 4.70 Å². The summed E-state index contributed by atoms with van der Waals surface area (Å²) in [5.74, 6) is 0.676. The van der Waals surface area contributed by atoms with Gasteiger partial charge in [-0.3, -0.25) is 4.70 Å². The van der Waals surface area contributed by atoms with E-state index in [9.17, 15) is 0 Å². The molecule has 0 radical (unpaired) electrons. The smallest absolute Gasteiger partial charge is 0.259 e. The Balaban J connectivity index is 0.000001000. The van der Waals surface area contributed by atoms with Gasteiger partial charge in [0.2, 0.25) is 0 Å². The second kappa shape index (κ2) is 4.62. The number of thiocarbonyl (C=S) groups is 1. The summed E-state index contributed by atoms with van der Waals surface area (Å²) in [5, 5.41) is 0.0474. The third kappa shape index (κ3) is 3.52. The van der Waals surface area contributed by atoms with Crippen molar-refractivity contribution in [3.8, 4) is 5.75 Å². The molecule has 0 saturated carbocycles. The maximum atomic E-state index is 5.13. The SMILES string of the molecule is F.NC(=S)Oc1ccccc1. The molecule has 4 heteroatoms. The topological polar surface area (TPSA) is 35.2 Å². The molecule has 0 aromatic heterocycles. The summed E-state index contributed by atoms with van der Waals surface area (Å²) in [6, 6.07) is 9.19. The third-order valence-electron chi connectivity index (χ3n) is 0.962. The van der Waals surface area contributed by atoms with E-state index >= 15 is 0 Å². The van der Waals surface area contributed by atoms with Crippen LogP contribution < -0.4 is 10.5 Å². The maximum Gasteiger partial charge on any atom is 0.259 e. The molecular weight excluding hydrogens is 165 g/mol. The highest BCUT2D eigenvalue weighted by atomic mass is 32.1. The van der Waals surface area contributed by atoms with Gasteiger partial charge in [0, 0.05) is 0 Å². The summed E-state index contributed by atoms with van der Waals surface area (Å²) in [4.78, 5) is 0. The molecule has 1 aromatic carbocycles. The summed E-state index contributed by atoms with van der Waals surface area (Å²) in [7, 11) is 0. The Kier molecular flexibility index (Phi) is 4.14. The lowest BCUT2D eigenvalue weighted by Gasteiger charge is -1.99. The zero-order valence-corrected chi connectivity index (χ0v) is 6.51. The molecule has 0 unspecified atom stereocenters. The van der Waals surface area contributed by atoms with E-state index in [1.807, 2.05) is 18.2 Å². The van der Waals surface area contributed by atoms with Crippen LogP contribution in [0.3, 0.4) is 0 Å². The predicted molar refractivity (Wildman–Crippen MR) is 46.4 cm³/mol. The van der Waals surface area contributed by atoms with Crippen molar-refractivity contribution < 1.29 is 9.44 Å². The van der Waals surface area contributed by atoms with Crippen LogP contribution in [0.25, 0.3) is 0 Å². The highest BCUT2D eigenvalue weighted by molar-refractivity contribution is 7.80. The number of para-hydroxylation sites is 1. The van der Waals surface area contributed by atoms with Crippen molar-refractivity contribution in [1.82, 2.24) is 0 Å². The molecule has 11 heavy (non-hydrogen) atoms. The standard InChI is InChI=1S/C7H7NOS.FH/c8-7(10)9-6-4-2-1-3-5-6;/h1-5H,(H2,8,10);1H. The Morgan fingerprint density at radius 3 is 2.27 bits per heavy atom. The van der Waals surface area contributed by atoms with Crippen molar-refractivity contribution in [1.29, 1.82) is 0 Å². The Labute approximate surface area is 69.3 Å². The molecule has 0 spiro atoms. The maximum absolute atomic E-state index is 5.13. The lowest BCUT2D eigenvalue weighted by atomic mass is 10.3. The van der Waals surface area contributed by atoms with E-state index < -0.39 is 0 Å². The van der Waals surface area contributed by atoms with Crippen LogP contribution in [0.2, 0.25) is 0 Å². The molecule has 0 aliphatic rings. The van der Waals surface area contributed by atoms with Crippen LogP contribution in [0.1, 0.15) is 0 Å². The van der Waals surface area contributed by atoms with Gasteiger partial charge in [0.15, 0.2) is 0 Å². The fourth-order valence-corrected chi connectivity index (χ4v) is 0.701. The monoisotopic (exact) mass is 173 g/mol. The van der Waals surface area contributed by atoms with Gasteiger partial charge in [-0.15, -0.1) is 0 Å². The lowest BCUT2D eigenvalue weighted by Crippen LogP contribution is -2.15. The first-order chi connectivity index (χ1) is 4.79. The van der Waals surface area contributed by atoms with Crippen molar-refractivity contribution >= 4 is 17.4 Å². The van der Waals surface area contributed by atoms with Gasteiger partial charge in [0.1, 0.15) is 5.75 Å². The van der Waals surface area contributed by atoms with Crippen molar-refractivity contribution in [2.75, 3.05) is 0 Å². The van der Waals surface area contributed by atoms with Crippen LogP contribution in [-0.4, -0.2) is 5.17 Å². The number of halogens is 1. The van der Waals surface area contributed by atoms with E-state index in [4.69, 9.17) is 10.5 Å².